The number of halogens is 7. The molecular weight excluding hydrogens is 447 g/mol. The van der Waals surface area contributed by atoms with Crippen molar-refractivity contribution < 1.29 is 45.1 Å². The van der Waals surface area contributed by atoms with Crippen LogP contribution in [0.3, 0.4) is 0 Å². The van der Waals surface area contributed by atoms with Crippen LogP contribution in [-0.4, -0.2) is 54.0 Å². The maximum absolute atomic E-state index is 13.7. The third-order valence-electron chi connectivity index (χ3n) is 5.55. The Morgan fingerprint density at radius 3 is 1.84 bits per heavy atom. The summed E-state index contributed by atoms with van der Waals surface area (Å²) in [4.78, 5) is 24.0. The van der Waals surface area contributed by atoms with Gasteiger partial charge in [-0.15, -0.1) is 0 Å². The number of carbonyl (C=O) groups is 2. The molecule has 0 aromatic heterocycles. The number of esters is 1. The molecule has 0 aromatic carbocycles. The van der Waals surface area contributed by atoms with Crippen LogP contribution in [-0.2, 0) is 14.3 Å². The Hall–Kier alpha value is -1.55. The van der Waals surface area contributed by atoms with Gasteiger partial charge in [0.15, 0.2) is 0 Å². The third-order valence-corrected chi connectivity index (χ3v) is 5.55. The number of ether oxygens (including phenoxy) is 1. The molecule has 1 amide bonds. The second-order valence-electron chi connectivity index (χ2n) is 8.15. The normalized spacial score (nSPS) is 17.6. The zero-order valence-electron chi connectivity index (χ0n) is 18.3. The summed E-state index contributed by atoms with van der Waals surface area (Å²) in [5.41, 5.74) is 0. The van der Waals surface area contributed by atoms with Crippen molar-refractivity contribution in [2.45, 2.75) is 108 Å². The number of rotatable bonds is 14. The highest BCUT2D eigenvalue weighted by atomic mass is 19.4. The van der Waals surface area contributed by atoms with E-state index in [0.29, 0.717) is 6.42 Å². The molecule has 1 heterocycles. The standard InChI is InChI=1S/C21H32F7NO3/c1-2-3-4-5-6-7-8-9-10-11-15-32-17(30)16-13-12-14-29(16)18(31)19(22,23)20(24,25)21(26,27)28/h16H,2-15H2,1H3. The predicted octanol–water partition coefficient (Wildman–Crippen LogP) is 6.27. The number of likely N-dealkylation sites (tertiary alicyclic amines) is 1. The monoisotopic (exact) mass is 479 g/mol. The van der Waals surface area contributed by atoms with Crippen molar-refractivity contribution >= 4 is 11.9 Å². The van der Waals surface area contributed by atoms with Crippen molar-refractivity contribution in [2.75, 3.05) is 13.2 Å². The highest BCUT2D eigenvalue weighted by Crippen LogP contribution is 2.47. The number of amides is 1. The largest absolute Gasteiger partial charge is 0.464 e. The number of nitrogens with zero attached hydrogens (tertiary/aromatic N) is 1. The van der Waals surface area contributed by atoms with Gasteiger partial charge < -0.3 is 9.64 Å². The Balaban J connectivity index is 2.42. The van der Waals surface area contributed by atoms with Crippen LogP contribution in [0, 0.1) is 0 Å². The summed E-state index contributed by atoms with van der Waals surface area (Å²) in [7, 11) is 0. The van der Waals surface area contributed by atoms with Crippen LogP contribution in [0.5, 0.6) is 0 Å². The van der Waals surface area contributed by atoms with Gasteiger partial charge in [0.2, 0.25) is 0 Å². The van der Waals surface area contributed by atoms with Crippen LogP contribution in [0.15, 0.2) is 0 Å². The predicted molar refractivity (Wildman–Crippen MR) is 103 cm³/mol. The molecule has 188 valence electrons. The lowest BCUT2D eigenvalue weighted by molar-refractivity contribution is -0.346. The van der Waals surface area contributed by atoms with E-state index in [1.807, 2.05) is 0 Å². The molecule has 1 aliphatic heterocycles. The molecule has 0 aromatic rings. The summed E-state index contributed by atoms with van der Waals surface area (Å²) in [6.45, 7) is 1.58. The topological polar surface area (TPSA) is 46.6 Å². The lowest BCUT2D eigenvalue weighted by Gasteiger charge is -2.32. The summed E-state index contributed by atoms with van der Waals surface area (Å²) < 4.78 is 95.7. The fraction of sp³-hybridized carbons (Fsp3) is 0.905. The lowest BCUT2D eigenvalue weighted by atomic mass is 10.1. The molecule has 0 N–H and O–H groups in total. The van der Waals surface area contributed by atoms with E-state index in [0.717, 1.165) is 25.7 Å². The Morgan fingerprint density at radius 1 is 0.844 bits per heavy atom. The van der Waals surface area contributed by atoms with Gasteiger partial charge in [-0.25, -0.2) is 4.79 Å². The van der Waals surface area contributed by atoms with E-state index >= 15 is 0 Å². The maximum Gasteiger partial charge on any atom is 0.460 e. The second-order valence-corrected chi connectivity index (χ2v) is 8.15. The Morgan fingerprint density at radius 2 is 1.34 bits per heavy atom. The van der Waals surface area contributed by atoms with Crippen LogP contribution in [0.25, 0.3) is 0 Å². The minimum Gasteiger partial charge on any atom is -0.464 e. The first kappa shape index (κ1) is 28.5. The SMILES string of the molecule is CCCCCCCCCCCCOC(=O)C1CCCN1C(=O)C(F)(F)C(F)(F)C(F)(F)F. The van der Waals surface area contributed by atoms with Crippen molar-refractivity contribution in [1.82, 2.24) is 4.90 Å². The molecule has 0 radical (unpaired) electrons. The molecule has 4 nitrogen and oxygen atoms in total. The van der Waals surface area contributed by atoms with Gasteiger partial charge >= 0.3 is 29.9 Å². The smallest absolute Gasteiger partial charge is 0.460 e. The van der Waals surface area contributed by atoms with E-state index in [9.17, 15) is 40.3 Å². The molecule has 1 aliphatic rings. The number of hydrogen-bond donors (Lipinski definition) is 0. The fourth-order valence-corrected chi connectivity index (χ4v) is 3.61. The zero-order chi connectivity index (χ0) is 24.4. The molecule has 1 atom stereocenters. The maximum atomic E-state index is 13.7. The van der Waals surface area contributed by atoms with Gasteiger partial charge in [-0.3, -0.25) is 4.79 Å². The molecule has 1 saturated heterocycles. The third kappa shape index (κ3) is 7.50. The minimum absolute atomic E-state index is 0.0113. The van der Waals surface area contributed by atoms with Crippen molar-refractivity contribution in [2.24, 2.45) is 0 Å². The van der Waals surface area contributed by atoms with Crippen molar-refractivity contribution in [3.05, 3.63) is 0 Å². The second kappa shape index (κ2) is 12.6. The van der Waals surface area contributed by atoms with Crippen LogP contribution in [0.4, 0.5) is 30.7 Å². The number of hydrogen-bond acceptors (Lipinski definition) is 3. The van der Waals surface area contributed by atoms with Crippen molar-refractivity contribution in [3.63, 3.8) is 0 Å². The van der Waals surface area contributed by atoms with Gasteiger partial charge in [0.1, 0.15) is 6.04 Å². The summed E-state index contributed by atoms with van der Waals surface area (Å²) >= 11 is 0. The molecular formula is C21H32F7NO3. The van der Waals surface area contributed by atoms with Crippen molar-refractivity contribution in [1.29, 1.82) is 0 Å². The average molecular weight is 479 g/mol. The molecule has 1 rings (SSSR count). The van der Waals surface area contributed by atoms with Gasteiger partial charge in [0, 0.05) is 6.54 Å². The highest BCUT2D eigenvalue weighted by molar-refractivity contribution is 5.90. The summed E-state index contributed by atoms with van der Waals surface area (Å²) in [5.74, 6) is -16.4. The van der Waals surface area contributed by atoms with Gasteiger partial charge in [0.25, 0.3) is 0 Å². The van der Waals surface area contributed by atoms with E-state index in [2.05, 4.69) is 6.92 Å². The van der Waals surface area contributed by atoms with Gasteiger partial charge in [-0.1, -0.05) is 64.7 Å². The van der Waals surface area contributed by atoms with E-state index in [1.54, 1.807) is 0 Å². The zero-order valence-corrected chi connectivity index (χ0v) is 18.3. The molecule has 0 bridgehead atoms. The summed E-state index contributed by atoms with van der Waals surface area (Å²) in [6, 6.07) is -1.60. The van der Waals surface area contributed by atoms with E-state index in [4.69, 9.17) is 4.74 Å². The molecule has 1 unspecified atom stereocenters. The number of alkyl halides is 7. The molecule has 0 aliphatic carbocycles. The number of carbonyl (C=O) groups excluding carboxylic acids is 2. The quantitative estimate of drug-likeness (QED) is 0.168. The Bertz CT molecular complexity index is 596. The van der Waals surface area contributed by atoms with E-state index < -0.39 is 42.5 Å². The van der Waals surface area contributed by atoms with Gasteiger partial charge in [0.05, 0.1) is 6.61 Å². The molecule has 0 saturated carbocycles. The average Bonchev–Trinajstić information content (AvgIpc) is 3.20. The first-order chi connectivity index (χ1) is 14.9. The van der Waals surface area contributed by atoms with Crippen LogP contribution in [0.1, 0.15) is 84.0 Å². The lowest BCUT2D eigenvalue weighted by Crippen LogP contribution is -2.61. The molecule has 32 heavy (non-hydrogen) atoms. The van der Waals surface area contributed by atoms with Crippen molar-refractivity contribution in [3.8, 4) is 0 Å². The molecule has 11 heteroatoms. The Labute approximate surface area is 183 Å². The first-order valence-electron chi connectivity index (χ1n) is 11.2. The van der Waals surface area contributed by atoms with Crippen LogP contribution >= 0.6 is 0 Å². The van der Waals surface area contributed by atoms with E-state index in [-0.39, 0.29) is 24.3 Å². The summed E-state index contributed by atoms with van der Waals surface area (Å²) in [6.07, 6.45) is 3.62. The van der Waals surface area contributed by atoms with Gasteiger partial charge in [-0.05, 0) is 19.3 Å². The van der Waals surface area contributed by atoms with E-state index in [1.165, 1.54) is 32.1 Å². The first-order valence-corrected chi connectivity index (χ1v) is 11.2. The van der Waals surface area contributed by atoms with Gasteiger partial charge in [-0.2, -0.15) is 30.7 Å². The minimum atomic E-state index is -6.61. The molecule has 1 fully saturated rings. The summed E-state index contributed by atoms with van der Waals surface area (Å²) in [5, 5.41) is 0. The fourth-order valence-electron chi connectivity index (χ4n) is 3.61. The van der Waals surface area contributed by atoms with Crippen LogP contribution < -0.4 is 0 Å². The molecule has 0 spiro atoms. The van der Waals surface area contributed by atoms with Crippen LogP contribution in [0.2, 0.25) is 0 Å². The number of unbranched alkanes of at least 4 members (excludes halogenated alkanes) is 9. The Kier molecular flexibility index (Phi) is 11.2. The highest BCUT2D eigenvalue weighted by Gasteiger charge is 2.77.